The number of aromatic hydroxyl groups is 1. The molecule has 4 heteroatoms. The zero-order valence-corrected chi connectivity index (χ0v) is 11.6. The van der Waals surface area contributed by atoms with Gasteiger partial charge in [-0.3, -0.25) is 0 Å². The van der Waals surface area contributed by atoms with Crippen molar-refractivity contribution in [3.63, 3.8) is 0 Å². The van der Waals surface area contributed by atoms with E-state index in [0.29, 0.717) is 11.3 Å². The molecular weight excluding hydrogens is 267 g/mol. The number of fused-ring (bicyclic) bond motifs is 1. The predicted molar refractivity (Wildman–Crippen MR) is 81.4 cm³/mol. The summed E-state index contributed by atoms with van der Waals surface area (Å²) in [6.45, 7) is 2.17. The highest BCUT2D eigenvalue weighted by atomic mass is 19.1. The average Bonchev–Trinajstić information content (AvgIpc) is 2.47. The molecule has 21 heavy (non-hydrogen) atoms. The van der Waals surface area contributed by atoms with Crippen LogP contribution in [0.25, 0.3) is 22.2 Å². The van der Waals surface area contributed by atoms with E-state index in [1.54, 1.807) is 0 Å². The maximum atomic E-state index is 14.1. The SMILES string of the molecule is Cc1cccc2cc(CN)c(-c3c(O)cccc3F)nc12. The molecule has 1 aromatic heterocycles. The van der Waals surface area contributed by atoms with Gasteiger partial charge in [0.05, 0.1) is 16.8 Å². The largest absolute Gasteiger partial charge is 0.507 e. The van der Waals surface area contributed by atoms with Crippen molar-refractivity contribution in [2.75, 3.05) is 0 Å². The fourth-order valence-corrected chi connectivity index (χ4v) is 2.51. The first kappa shape index (κ1) is 13.5. The van der Waals surface area contributed by atoms with E-state index in [9.17, 15) is 9.50 Å². The van der Waals surface area contributed by atoms with Crippen molar-refractivity contribution < 1.29 is 9.50 Å². The Morgan fingerprint density at radius 1 is 1.19 bits per heavy atom. The Morgan fingerprint density at radius 3 is 2.67 bits per heavy atom. The second kappa shape index (κ2) is 5.14. The summed E-state index contributed by atoms with van der Waals surface area (Å²) in [5, 5.41) is 10.9. The Bertz CT molecular complexity index is 810. The number of hydrogen-bond donors (Lipinski definition) is 2. The van der Waals surface area contributed by atoms with Crippen LogP contribution in [-0.2, 0) is 6.54 Å². The van der Waals surface area contributed by atoms with Crippen molar-refractivity contribution in [1.82, 2.24) is 4.98 Å². The smallest absolute Gasteiger partial charge is 0.136 e. The molecule has 0 radical (unpaired) electrons. The number of para-hydroxylation sites is 1. The van der Waals surface area contributed by atoms with Crippen LogP contribution in [0.2, 0.25) is 0 Å². The summed E-state index contributed by atoms with van der Waals surface area (Å²) in [5.41, 5.74) is 8.75. The lowest BCUT2D eigenvalue weighted by atomic mass is 10.0. The third kappa shape index (κ3) is 2.23. The molecule has 3 rings (SSSR count). The molecule has 1 heterocycles. The Labute approximate surface area is 121 Å². The molecule has 106 valence electrons. The molecule has 2 aromatic carbocycles. The van der Waals surface area contributed by atoms with E-state index in [4.69, 9.17) is 5.73 Å². The van der Waals surface area contributed by atoms with Gasteiger partial charge in [0.25, 0.3) is 0 Å². The molecule has 3 nitrogen and oxygen atoms in total. The number of aryl methyl sites for hydroxylation is 1. The molecule has 3 N–H and O–H groups in total. The lowest BCUT2D eigenvalue weighted by Gasteiger charge is -2.12. The molecule has 0 saturated carbocycles. The summed E-state index contributed by atoms with van der Waals surface area (Å²) < 4.78 is 14.1. The Kier molecular flexibility index (Phi) is 3.31. The van der Waals surface area contributed by atoms with Crippen LogP contribution in [0.4, 0.5) is 4.39 Å². The van der Waals surface area contributed by atoms with Crippen LogP contribution >= 0.6 is 0 Å². The van der Waals surface area contributed by atoms with Gasteiger partial charge in [-0.1, -0.05) is 24.3 Å². The minimum absolute atomic E-state index is 0.100. The third-order valence-corrected chi connectivity index (χ3v) is 3.57. The minimum Gasteiger partial charge on any atom is -0.507 e. The van der Waals surface area contributed by atoms with Crippen molar-refractivity contribution in [2.45, 2.75) is 13.5 Å². The zero-order chi connectivity index (χ0) is 15.0. The summed E-state index contributed by atoms with van der Waals surface area (Å²) in [4.78, 5) is 4.56. The van der Waals surface area contributed by atoms with Gasteiger partial charge < -0.3 is 10.8 Å². The van der Waals surface area contributed by atoms with Gasteiger partial charge in [-0.2, -0.15) is 0 Å². The number of pyridine rings is 1. The van der Waals surface area contributed by atoms with Crippen LogP contribution in [-0.4, -0.2) is 10.1 Å². The monoisotopic (exact) mass is 282 g/mol. The van der Waals surface area contributed by atoms with Crippen LogP contribution < -0.4 is 5.73 Å². The van der Waals surface area contributed by atoms with Crippen LogP contribution in [0.1, 0.15) is 11.1 Å². The summed E-state index contributed by atoms with van der Waals surface area (Å²) in [7, 11) is 0. The van der Waals surface area contributed by atoms with Gasteiger partial charge in [0.1, 0.15) is 11.6 Å². The number of nitrogens with two attached hydrogens (primary N) is 1. The maximum Gasteiger partial charge on any atom is 0.136 e. The van der Waals surface area contributed by atoms with Crippen molar-refractivity contribution in [1.29, 1.82) is 0 Å². The lowest BCUT2D eigenvalue weighted by molar-refractivity contribution is 0.471. The molecule has 0 bridgehead atoms. The number of halogens is 1. The summed E-state index contributed by atoms with van der Waals surface area (Å²) in [6.07, 6.45) is 0. The van der Waals surface area contributed by atoms with Gasteiger partial charge in [0.2, 0.25) is 0 Å². The van der Waals surface area contributed by atoms with E-state index in [2.05, 4.69) is 4.98 Å². The predicted octanol–water partition coefficient (Wildman–Crippen LogP) is 3.51. The molecule has 0 aliphatic rings. The quantitative estimate of drug-likeness (QED) is 0.756. The van der Waals surface area contributed by atoms with Gasteiger partial charge in [-0.15, -0.1) is 0 Å². The highest BCUT2D eigenvalue weighted by Crippen LogP contribution is 2.34. The van der Waals surface area contributed by atoms with E-state index in [0.717, 1.165) is 16.5 Å². The van der Waals surface area contributed by atoms with Crippen LogP contribution in [0, 0.1) is 12.7 Å². The summed E-state index contributed by atoms with van der Waals surface area (Å²) in [5.74, 6) is -0.643. The van der Waals surface area contributed by atoms with Gasteiger partial charge in [-0.05, 0) is 36.2 Å². The molecule has 0 aliphatic carbocycles. The van der Waals surface area contributed by atoms with E-state index >= 15 is 0 Å². The number of aromatic nitrogens is 1. The summed E-state index contributed by atoms with van der Waals surface area (Å²) in [6, 6.07) is 11.9. The highest BCUT2D eigenvalue weighted by Gasteiger charge is 2.16. The van der Waals surface area contributed by atoms with Gasteiger partial charge in [0, 0.05) is 11.9 Å². The number of nitrogens with zero attached hydrogens (tertiary/aromatic N) is 1. The molecule has 0 saturated heterocycles. The first-order chi connectivity index (χ1) is 10.1. The van der Waals surface area contributed by atoms with E-state index < -0.39 is 5.82 Å². The molecule has 3 aromatic rings. The minimum atomic E-state index is -0.509. The lowest BCUT2D eigenvalue weighted by Crippen LogP contribution is -2.03. The number of benzene rings is 2. The van der Waals surface area contributed by atoms with Gasteiger partial charge in [-0.25, -0.2) is 9.37 Å². The third-order valence-electron chi connectivity index (χ3n) is 3.57. The fourth-order valence-electron chi connectivity index (χ4n) is 2.51. The molecule has 0 aliphatic heterocycles. The Hall–Kier alpha value is -2.46. The summed E-state index contributed by atoms with van der Waals surface area (Å²) >= 11 is 0. The molecule has 0 atom stereocenters. The van der Waals surface area contributed by atoms with Gasteiger partial charge in [0.15, 0.2) is 0 Å². The molecule has 0 amide bonds. The van der Waals surface area contributed by atoms with Crippen LogP contribution in [0.3, 0.4) is 0 Å². The Morgan fingerprint density at radius 2 is 1.95 bits per heavy atom. The van der Waals surface area contributed by atoms with Crippen molar-refractivity contribution in [2.24, 2.45) is 5.73 Å². The number of phenolic OH excluding ortho intramolecular Hbond substituents is 1. The van der Waals surface area contributed by atoms with Gasteiger partial charge >= 0.3 is 0 Å². The van der Waals surface area contributed by atoms with Crippen LogP contribution in [0.5, 0.6) is 5.75 Å². The van der Waals surface area contributed by atoms with E-state index in [1.807, 2.05) is 31.2 Å². The standard InChI is InChI=1S/C17H15FN2O/c1-10-4-2-5-11-8-12(9-19)17(20-16(10)11)15-13(18)6-3-7-14(15)21/h2-8,21H,9,19H2,1H3. The first-order valence-corrected chi connectivity index (χ1v) is 6.69. The van der Waals surface area contributed by atoms with Crippen LogP contribution in [0.15, 0.2) is 42.5 Å². The topological polar surface area (TPSA) is 59.1 Å². The average molecular weight is 282 g/mol. The van der Waals surface area contributed by atoms with E-state index in [1.165, 1.54) is 18.2 Å². The zero-order valence-electron chi connectivity index (χ0n) is 11.6. The van der Waals surface area contributed by atoms with Crippen molar-refractivity contribution >= 4 is 10.9 Å². The molecule has 0 unspecified atom stereocenters. The number of phenols is 1. The second-order valence-electron chi connectivity index (χ2n) is 4.98. The first-order valence-electron chi connectivity index (χ1n) is 6.69. The fraction of sp³-hybridized carbons (Fsp3) is 0.118. The number of hydrogen-bond acceptors (Lipinski definition) is 3. The normalized spacial score (nSPS) is 11.0. The Balaban J connectivity index is 2.38. The maximum absolute atomic E-state index is 14.1. The molecular formula is C17H15FN2O. The molecule has 0 spiro atoms. The number of rotatable bonds is 2. The van der Waals surface area contributed by atoms with E-state index in [-0.39, 0.29) is 17.9 Å². The highest BCUT2D eigenvalue weighted by molar-refractivity contribution is 5.86. The second-order valence-corrected chi connectivity index (χ2v) is 4.98. The van der Waals surface area contributed by atoms with Crippen molar-refractivity contribution in [3.05, 3.63) is 59.4 Å². The van der Waals surface area contributed by atoms with Crippen molar-refractivity contribution in [3.8, 4) is 17.0 Å². The molecule has 0 fully saturated rings.